The molecule has 0 aromatic carbocycles. The van der Waals surface area contributed by atoms with Crippen molar-refractivity contribution >= 4 is 0 Å². The molecule has 1 N–H and O–H groups in total. The monoisotopic (exact) mass is 213 g/mol. The first-order valence-corrected chi connectivity index (χ1v) is 6.17. The number of rotatable bonds is 1. The first-order valence-electron chi connectivity index (χ1n) is 6.17. The summed E-state index contributed by atoms with van der Waals surface area (Å²) in [7, 11) is 2.45. The molecule has 0 amide bonds. The summed E-state index contributed by atoms with van der Waals surface area (Å²) in [6, 6.07) is 0. The number of quaternary nitrogens is 1. The van der Waals surface area contributed by atoms with Gasteiger partial charge in [-0.1, -0.05) is 20.8 Å². The maximum Gasteiger partial charge on any atom is 0.0844 e. The van der Waals surface area contributed by atoms with E-state index in [0.29, 0.717) is 10.8 Å². The highest BCUT2D eigenvalue weighted by Crippen LogP contribution is 2.60. The van der Waals surface area contributed by atoms with Gasteiger partial charge in [-0.3, -0.25) is 0 Å². The maximum absolute atomic E-state index is 2.53. The molecule has 2 nitrogen and oxygen atoms in total. The third-order valence-electron chi connectivity index (χ3n) is 5.78. The van der Waals surface area contributed by atoms with Gasteiger partial charge in [0, 0.05) is 11.3 Å². The number of hydrogen-bond acceptors (Lipinski definition) is 1. The van der Waals surface area contributed by atoms with Crippen LogP contribution in [0, 0.1) is 16.7 Å². The number of hydrogen-bond donors (Lipinski definition) is 0. The van der Waals surface area contributed by atoms with Crippen LogP contribution in [0.25, 0.3) is 0 Å². The van der Waals surface area contributed by atoms with E-state index in [1.54, 1.807) is 0 Å². The summed E-state index contributed by atoms with van der Waals surface area (Å²) in [6.07, 6.45) is 2.93. The Hall–Kier alpha value is -0.0800. The fourth-order valence-corrected chi connectivity index (χ4v) is 3.95. The predicted octanol–water partition coefficient (Wildman–Crippen LogP) is 2.73. The van der Waals surface area contributed by atoms with Gasteiger partial charge in [0.15, 0.2) is 0 Å². The second kappa shape index (κ2) is 3.46. The molecule has 0 spiro atoms. The quantitative estimate of drug-likeness (QED) is 0.616. The summed E-state index contributed by atoms with van der Waals surface area (Å²) in [5, 5.41) is 0. The molecular weight excluding hydrogens is 186 g/mol. The second-order valence-electron chi connectivity index (χ2n) is 6.79. The molecule has 1 heterocycles. The Morgan fingerprint density at radius 3 is 2.33 bits per heavy atom. The van der Waals surface area contributed by atoms with Gasteiger partial charge in [0.25, 0.3) is 0 Å². The van der Waals surface area contributed by atoms with Gasteiger partial charge in [0.1, 0.15) is 0 Å². The number of piperidine rings is 1. The van der Waals surface area contributed by atoms with Crippen molar-refractivity contribution in [3.8, 4) is 0 Å². The third kappa shape index (κ3) is 1.62. The second-order valence-corrected chi connectivity index (χ2v) is 6.79. The molecule has 2 aliphatic rings. The molecule has 90 valence electrons. The van der Waals surface area contributed by atoms with E-state index in [9.17, 15) is 0 Å². The minimum absolute atomic E-state index is 0. The summed E-state index contributed by atoms with van der Waals surface area (Å²) in [5.74, 6) is 0.964. The average Bonchev–Trinajstić information content (AvgIpc) is 2.24. The molecule has 0 aromatic heterocycles. The number of fused-ring (bicyclic) bond motifs is 2. The van der Waals surface area contributed by atoms with Crippen molar-refractivity contribution in [1.82, 2.24) is 0 Å². The van der Waals surface area contributed by atoms with Crippen molar-refractivity contribution in [2.45, 2.75) is 40.5 Å². The zero-order valence-electron chi connectivity index (χ0n) is 11.0. The van der Waals surface area contributed by atoms with Crippen LogP contribution in [0.5, 0.6) is 0 Å². The molecule has 1 aliphatic heterocycles. The van der Waals surface area contributed by atoms with Gasteiger partial charge in [-0.05, 0) is 25.2 Å². The van der Waals surface area contributed by atoms with E-state index >= 15 is 0 Å². The minimum atomic E-state index is 0. The lowest BCUT2D eigenvalue weighted by Crippen LogP contribution is -2.61. The predicted molar refractivity (Wildman–Crippen MR) is 63.0 cm³/mol. The highest BCUT2D eigenvalue weighted by molar-refractivity contribution is 5.02. The van der Waals surface area contributed by atoms with E-state index in [1.165, 1.54) is 37.0 Å². The van der Waals surface area contributed by atoms with Gasteiger partial charge in [0.2, 0.25) is 0 Å². The average molecular weight is 213 g/mol. The molecule has 1 saturated carbocycles. The Kier molecular flexibility index (Phi) is 2.99. The maximum atomic E-state index is 2.53. The molecule has 2 heteroatoms. The van der Waals surface area contributed by atoms with Crippen molar-refractivity contribution < 1.29 is 9.96 Å². The van der Waals surface area contributed by atoms with E-state index in [0.717, 1.165) is 5.92 Å². The van der Waals surface area contributed by atoms with E-state index in [4.69, 9.17) is 0 Å². The SMILES string of the molecule is CC[N+]1(C)CC2CCC(C)(C1)C2(C)C.[OH-]. The van der Waals surface area contributed by atoms with Crippen LogP contribution in [0.15, 0.2) is 0 Å². The Labute approximate surface area is 94.6 Å². The first-order chi connectivity index (χ1) is 6.33. The molecule has 1 saturated heterocycles. The van der Waals surface area contributed by atoms with Crippen molar-refractivity contribution in [2.24, 2.45) is 16.7 Å². The van der Waals surface area contributed by atoms with Crippen LogP contribution >= 0.6 is 0 Å². The van der Waals surface area contributed by atoms with Gasteiger partial charge in [-0.25, -0.2) is 0 Å². The molecule has 3 atom stereocenters. The van der Waals surface area contributed by atoms with Gasteiger partial charge in [-0.15, -0.1) is 0 Å². The highest BCUT2D eigenvalue weighted by atomic mass is 16.0. The van der Waals surface area contributed by atoms with Crippen LogP contribution in [-0.4, -0.2) is 36.6 Å². The van der Waals surface area contributed by atoms with E-state index in [2.05, 4.69) is 34.7 Å². The molecule has 2 fully saturated rings. The van der Waals surface area contributed by atoms with Gasteiger partial charge >= 0.3 is 0 Å². The fourth-order valence-electron chi connectivity index (χ4n) is 3.95. The van der Waals surface area contributed by atoms with Crippen molar-refractivity contribution in [1.29, 1.82) is 0 Å². The Morgan fingerprint density at radius 1 is 1.27 bits per heavy atom. The largest absolute Gasteiger partial charge is 0.870 e. The summed E-state index contributed by atoms with van der Waals surface area (Å²) in [5.41, 5.74) is 1.18. The Bertz CT molecular complexity index is 251. The molecule has 1 aliphatic carbocycles. The lowest BCUT2D eigenvalue weighted by molar-refractivity contribution is -0.924. The summed E-state index contributed by atoms with van der Waals surface area (Å²) in [4.78, 5) is 0. The Balaban J connectivity index is 0.00000112. The highest BCUT2D eigenvalue weighted by Gasteiger charge is 2.59. The van der Waals surface area contributed by atoms with Crippen molar-refractivity contribution in [3.05, 3.63) is 0 Å². The molecule has 2 rings (SSSR count). The topological polar surface area (TPSA) is 30.0 Å². The molecule has 0 aromatic rings. The molecule has 0 radical (unpaired) electrons. The number of likely N-dealkylation sites (tertiary alicyclic amines) is 1. The molecule has 2 bridgehead atoms. The van der Waals surface area contributed by atoms with Crippen LogP contribution in [-0.2, 0) is 0 Å². The summed E-state index contributed by atoms with van der Waals surface area (Å²) >= 11 is 0. The lowest BCUT2D eigenvalue weighted by atomic mass is 9.62. The van der Waals surface area contributed by atoms with Crippen molar-refractivity contribution in [3.63, 3.8) is 0 Å². The van der Waals surface area contributed by atoms with E-state index < -0.39 is 0 Å². The standard InChI is InChI=1S/C13H26N.H2O/c1-6-14(5)9-11-7-8-13(4,10-14)12(11,2)3;/h11H,6-10H2,1-5H3;1H2/q+1;/p-1. The van der Waals surface area contributed by atoms with Crippen LogP contribution < -0.4 is 0 Å². The van der Waals surface area contributed by atoms with Gasteiger partial charge in [0.05, 0.1) is 26.7 Å². The zero-order chi connectivity index (χ0) is 10.6. The van der Waals surface area contributed by atoms with Gasteiger partial charge in [-0.2, -0.15) is 0 Å². The van der Waals surface area contributed by atoms with Gasteiger partial charge < -0.3 is 9.96 Å². The minimum Gasteiger partial charge on any atom is -0.870 e. The van der Waals surface area contributed by atoms with E-state index in [1.807, 2.05) is 0 Å². The zero-order valence-corrected chi connectivity index (χ0v) is 11.0. The van der Waals surface area contributed by atoms with Crippen LogP contribution in [0.2, 0.25) is 0 Å². The lowest BCUT2D eigenvalue weighted by Gasteiger charge is -2.53. The normalized spacial score (nSPS) is 47.4. The van der Waals surface area contributed by atoms with Crippen molar-refractivity contribution in [2.75, 3.05) is 26.7 Å². The summed E-state index contributed by atoms with van der Waals surface area (Å²) < 4.78 is 1.31. The first kappa shape index (κ1) is 13.0. The third-order valence-corrected chi connectivity index (χ3v) is 5.78. The smallest absolute Gasteiger partial charge is 0.0844 e. The van der Waals surface area contributed by atoms with E-state index in [-0.39, 0.29) is 5.48 Å². The fraction of sp³-hybridized carbons (Fsp3) is 1.00. The Morgan fingerprint density at radius 2 is 1.87 bits per heavy atom. The van der Waals surface area contributed by atoms with Crippen LogP contribution in [0.3, 0.4) is 0 Å². The van der Waals surface area contributed by atoms with Crippen LogP contribution in [0.4, 0.5) is 0 Å². The molecule has 15 heavy (non-hydrogen) atoms. The molecular formula is C13H27NO. The van der Waals surface area contributed by atoms with Crippen LogP contribution in [0.1, 0.15) is 40.5 Å². The summed E-state index contributed by atoms with van der Waals surface area (Å²) in [6.45, 7) is 14.0. The molecule has 3 unspecified atom stereocenters. The number of nitrogens with zero attached hydrogens (tertiary/aromatic N) is 1.